The van der Waals surface area contributed by atoms with E-state index in [4.69, 9.17) is 19.2 Å². The fraction of sp³-hybridized carbons (Fsp3) is 0.409. The van der Waals surface area contributed by atoms with Crippen LogP contribution in [0.4, 0.5) is 11.5 Å². The molecule has 0 fully saturated rings. The second-order valence-electron chi connectivity index (χ2n) is 7.51. The lowest BCUT2D eigenvalue weighted by molar-refractivity contribution is -0.132. The molecule has 2 aliphatic heterocycles. The number of methoxy groups -OCH3 is 1. The first-order valence-electron chi connectivity index (χ1n) is 10.6. The molecule has 0 unspecified atom stereocenters. The van der Waals surface area contributed by atoms with Crippen LogP contribution >= 0.6 is 0 Å². The van der Waals surface area contributed by atoms with Crippen LogP contribution in [0.5, 0.6) is 11.5 Å². The van der Waals surface area contributed by atoms with Crippen LogP contribution in [0.1, 0.15) is 17.5 Å². The summed E-state index contributed by atoms with van der Waals surface area (Å²) in [5.74, 6) is 2.34. The number of H-pyrrole nitrogens is 1. The van der Waals surface area contributed by atoms with E-state index < -0.39 is 0 Å². The van der Waals surface area contributed by atoms with Gasteiger partial charge in [0.1, 0.15) is 12.4 Å². The number of hydrogen-bond donors (Lipinski definition) is 3. The third kappa shape index (κ3) is 5.09. The summed E-state index contributed by atoms with van der Waals surface area (Å²) in [4.78, 5) is 26.6. The van der Waals surface area contributed by atoms with Crippen LogP contribution in [-0.2, 0) is 16.1 Å². The first kappa shape index (κ1) is 21.8. The summed E-state index contributed by atoms with van der Waals surface area (Å²) in [5, 5.41) is 6.56. The molecule has 3 N–H and O–H groups in total. The summed E-state index contributed by atoms with van der Waals surface area (Å²) in [6.45, 7) is 2.81. The standard InChI is InChI=1S/C22H28N6O4/c1-28-7-3-6-23-11-15-12-24-21-20(15)22(26-14-25-21)27-16-4-5-17(31-9-8-30-2)18(10-16)32-13-19(28)29/h4-5,10,12,14,23H,3,6-9,11,13H2,1-2H3,(H2,24,25,26,27). The number of rotatable bonds is 4. The first-order valence-corrected chi connectivity index (χ1v) is 10.6. The lowest BCUT2D eigenvalue weighted by atomic mass is 10.1. The van der Waals surface area contributed by atoms with Crippen molar-refractivity contribution < 1.29 is 19.0 Å². The van der Waals surface area contributed by atoms with Crippen molar-refractivity contribution in [1.82, 2.24) is 15.2 Å². The molecule has 2 aromatic rings. The number of aromatic amines is 1. The third-order valence-electron chi connectivity index (χ3n) is 5.23. The maximum absolute atomic E-state index is 12.5. The van der Waals surface area contributed by atoms with Crippen LogP contribution < -0.4 is 20.1 Å². The highest BCUT2D eigenvalue weighted by Gasteiger charge is 2.20. The number of hydrogen-bond acceptors (Lipinski definition) is 8. The Morgan fingerprint density at radius 1 is 1.28 bits per heavy atom. The molecule has 32 heavy (non-hydrogen) atoms. The summed E-state index contributed by atoms with van der Waals surface area (Å²) in [5.41, 5.74) is 2.64. The van der Waals surface area contributed by atoms with E-state index in [9.17, 15) is 4.79 Å². The van der Waals surface area contributed by atoms with Gasteiger partial charge in [-0.3, -0.25) is 4.79 Å². The number of carbonyl (C=O) groups excluding carboxylic acids is 1. The number of amidine groups is 1. The second-order valence-corrected chi connectivity index (χ2v) is 7.51. The highest BCUT2D eigenvalue weighted by molar-refractivity contribution is 6.13. The molecule has 10 nitrogen and oxygen atoms in total. The van der Waals surface area contributed by atoms with E-state index in [0.29, 0.717) is 49.3 Å². The van der Waals surface area contributed by atoms with Crippen LogP contribution in [0.25, 0.3) is 0 Å². The molecule has 1 aromatic carbocycles. The molecule has 2 aliphatic rings. The van der Waals surface area contributed by atoms with E-state index in [1.54, 1.807) is 37.5 Å². The maximum atomic E-state index is 12.5. The van der Waals surface area contributed by atoms with Crippen LogP contribution in [0.3, 0.4) is 0 Å². The van der Waals surface area contributed by atoms with E-state index >= 15 is 0 Å². The van der Waals surface area contributed by atoms with Gasteiger partial charge >= 0.3 is 0 Å². The van der Waals surface area contributed by atoms with Crippen molar-refractivity contribution in [1.29, 1.82) is 0 Å². The summed E-state index contributed by atoms with van der Waals surface area (Å²) in [7, 11) is 3.39. The number of carbonyl (C=O) groups is 1. The van der Waals surface area contributed by atoms with Crippen LogP contribution in [0.2, 0.25) is 0 Å². The zero-order valence-corrected chi connectivity index (χ0v) is 18.3. The summed E-state index contributed by atoms with van der Waals surface area (Å²) >= 11 is 0. The average Bonchev–Trinajstić information content (AvgIpc) is 3.22. The number of ether oxygens (including phenoxy) is 3. The van der Waals surface area contributed by atoms with Crippen molar-refractivity contribution >= 4 is 29.6 Å². The fourth-order valence-corrected chi connectivity index (χ4v) is 3.47. The predicted octanol–water partition coefficient (Wildman–Crippen LogP) is 1.90. The van der Waals surface area contributed by atoms with Crippen molar-refractivity contribution in [3.05, 3.63) is 35.5 Å². The number of aromatic nitrogens is 1. The average molecular weight is 441 g/mol. The molecule has 0 saturated heterocycles. The van der Waals surface area contributed by atoms with Crippen molar-refractivity contribution in [2.24, 2.45) is 9.98 Å². The van der Waals surface area contributed by atoms with Gasteiger partial charge in [0.2, 0.25) is 0 Å². The van der Waals surface area contributed by atoms with Gasteiger partial charge in [-0.1, -0.05) is 0 Å². The highest BCUT2D eigenvalue weighted by Crippen LogP contribution is 2.33. The molecule has 0 saturated carbocycles. The monoisotopic (exact) mass is 440 g/mol. The Labute approximate surface area is 186 Å². The van der Waals surface area contributed by atoms with Crippen molar-refractivity contribution in [2.45, 2.75) is 13.0 Å². The number of benzene rings is 1. The molecule has 0 atom stereocenters. The van der Waals surface area contributed by atoms with Crippen LogP contribution in [-0.4, -0.2) is 75.0 Å². The topological polar surface area (TPSA) is 113 Å². The summed E-state index contributed by atoms with van der Waals surface area (Å²) in [6.07, 6.45) is 4.39. The van der Waals surface area contributed by atoms with Gasteiger partial charge < -0.3 is 34.7 Å². The smallest absolute Gasteiger partial charge is 0.260 e. The molecule has 1 amide bonds. The van der Waals surface area contributed by atoms with Crippen LogP contribution in [0, 0.1) is 0 Å². The first-order chi connectivity index (χ1) is 15.7. The Bertz CT molecular complexity index is 1020. The number of nitrogens with one attached hydrogen (secondary N) is 3. The minimum Gasteiger partial charge on any atom is -0.487 e. The predicted molar refractivity (Wildman–Crippen MR) is 122 cm³/mol. The quantitative estimate of drug-likeness (QED) is 0.626. The van der Waals surface area contributed by atoms with E-state index in [-0.39, 0.29) is 12.5 Å². The van der Waals surface area contributed by atoms with Gasteiger partial charge in [0.05, 0.1) is 24.2 Å². The van der Waals surface area contributed by atoms with E-state index in [2.05, 4.69) is 20.6 Å². The van der Waals surface area contributed by atoms with Crippen molar-refractivity contribution in [3.8, 4) is 11.5 Å². The molecule has 4 rings (SSSR count). The Morgan fingerprint density at radius 3 is 3.06 bits per heavy atom. The molecule has 3 heterocycles. The van der Waals surface area contributed by atoms with E-state index in [0.717, 1.165) is 29.9 Å². The Kier molecular flexibility index (Phi) is 7.03. The third-order valence-corrected chi connectivity index (χ3v) is 5.23. The van der Waals surface area contributed by atoms with Crippen LogP contribution in [0.15, 0.2) is 34.4 Å². The van der Waals surface area contributed by atoms with Gasteiger partial charge in [-0.25, -0.2) is 9.98 Å². The SMILES string of the molecule is COCCOc1ccc2cc1OCC(=O)N(C)CCCNCc1c[nH]c3c1/C(=N\2)N=CN3. The number of anilines is 1. The minimum absolute atomic E-state index is 0.0846. The highest BCUT2D eigenvalue weighted by atomic mass is 16.5. The maximum Gasteiger partial charge on any atom is 0.260 e. The minimum atomic E-state index is -0.0998. The lowest BCUT2D eigenvalue weighted by Gasteiger charge is -2.19. The molecular formula is C22H28N6O4. The number of fused-ring (bicyclic) bond motifs is 2. The molecular weight excluding hydrogens is 412 g/mol. The van der Waals surface area contributed by atoms with E-state index in [1.807, 2.05) is 12.3 Å². The Morgan fingerprint density at radius 2 is 2.19 bits per heavy atom. The van der Waals surface area contributed by atoms with Gasteiger partial charge in [0.25, 0.3) is 5.91 Å². The molecule has 1 aromatic heterocycles. The molecule has 10 heteroatoms. The normalized spacial score (nSPS) is 18.2. The molecule has 2 bridgehead atoms. The lowest BCUT2D eigenvalue weighted by Crippen LogP contribution is -2.33. The fourth-order valence-electron chi connectivity index (χ4n) is 3.47. The zero-order chi connectivity index (χ0) is 22.3. The van der Waals surface area contributed by atoms with Gasteiger partial charge in [-0.2, -0.15) is 0 Å². The van der Waals surface area contributed by atoms with Crippen molar-refractivity contribution in [3.63, 3.8) is 0 Å². The second kappa shape index (κ2) is 10.3. The van der Waals surface area contributed by atoms with Crippen molar-refractivity contribution in [2.75, 3.05) is 52.4 Å². The summed E-state index contributed by atoms with van der Waals surface area (Å²) < 4.78 is 16.7. The Balaban J connectivity index is 1.69. The molecule has 170 valence electrons. The van der Waals surface area contributed by atoms with Gasteiger partial charge in [-0.05, 0) is 30.7 Å². The largest absolute Gasteiger partial charge is 0.487 e. The van der Waals surface area contributed by atoms with Gasteiger partial charge in [-0.15, -0.1) is 0 Å². The molecule has 0 radical (unpaired) electrons. The number of likely N-dealkylation sites (N-methyl/N-ethyl adjacent to an activating group) is 1. The molecule has 0 aliphatic carbocycles. The van der Waals surface area contributed by atoms with Gasteiger partial charge in [0, 0.05) is 39.5 Å². The number of aliphatic imine (C=N–C) groups is 2. The number of amides is 1. The summed E-state index contributed by atoms with van der Waals surface area (Å²) in [6, 6.07) is 5.38. The Hall–Kier alpha value is -3.37. The molecule has 0 spiro atoms. The number of nitrogens with zero attached hydrogens (tertiary/aromatic N) is 3. The van der Waals surface area contributed by atoms with Gasteiger partial charge in [0.15, 0.2) is 23.9 Å². The zero-order valence-electron chi connectivity index (χ0n) is 18.3. The van der Waals surface area contributed by atoms with E-state index in [1.165, 1.54) is 0 Å².